The second kappa shape index (κ2) is 5.31. The molecule has 1 heterocycles. The van der Waals surface area contributed by atoms with Gasteiger partial charge >= 0.3 is 0 Å². The topological polar surface area (TPSA) is 30.9 Å². The van der Waals surface area contributed by atoms with Gasteiger partial charge in [-0.1, -0.05) is 0 Å². The molecule has 2 aromatic rings. The van der Waals surface area contributed by atoms with E-state index in [0.717, 1.165) is 18.1 Å². The maximum atomic E-state index is 13.0. The Labute approximate surface area is 105 Å². The van der Waals surface area contributed by atoms with Gasteiger partial charge in [0.25, 0.3) is 0 Å². The van der Waals surface area contributed by atoms with Crippen LogP contribution in [0.25, 0.3) is 0 Å². The highest BCUT2D eigenvalue weighted by Crippen LogP contribution is 2.11. The van der Waals surface area contributed by atoms with Crippen molar-refractivity contribution in [2.45, 2.75) is 25.9 Å². The lowest BCUT2D eigenvalue weighted by Crippen LogP contribution is -2.17. The predicted octanol–water partition coefficient (Wildman–Crippen LogP) is 2.70. The van der Waals surface area contributed by atoms with E-state index in [-0.39, 0.29) is 6.04 Å². The Bertz CT molecular complexity index is 512. The van der Waals surface area contributed by atoms with Gasteiger partial charge in [0.2, 0.25) is 0 Å². The summed E-state index contributed by atoms with van der Waals surface area (Å²) in [6.45, 7) is 2.40. The second-order valence-electron chi connectivity index (χ2n) is 4.65. The van der Waals surface area contributed by atoms with Crippen LogP contribution in [-0.2, 0) is 13.0 Å². The van der Waals surface area contributed by atoms with E-state index < -0.39 is 11.6 Å². The molecule has 1 unspecified atom stereocenters. The van der Waals surface area contributed by atoms with E-state index in [4.69, 9.17) is 5.73 Å². The summed E-state index contributed by atoms with van der Waals surface area (Å²) in [5.41, 5.74) is 7.45. The molecule has 1 aromatic heterocycles. The molecule has 0 fully saturated rings. The van der Waals surface area contributed by atoms with Gasteiger partial charge in [0.15, 0.2) is 0 Å². The number of nitrogens with two attached hydrogens (primary N) is 1. The van der Waals surface area contributed by atoms with Crippen LogP contribution in [0.3, 0.4) is 0 Å². The largest absolute Gasteiger partial charge is 0.350 e. The Balaban J connectivity index is 2.11. The van der Waals surface area contributed by atoms with E-state index in [2.05, 4.69) is 0 Å². The third-order valence-corrected chi connectivity index (χ3v) is 2.66. The van der Waals surface area contributed by atoms with E-state index in [1.165, 1.54) is 12.1 Å². The van der Waals surface area contributed by atoms with E-state index in [1.54, 1.807) is 0 Å². The Morgan fingerprint density at radius 2 is 1.83 bits per heavy atom. The first-order valence-corrected chi connectivity index (χ1v) is 5.88. The number of hydrogen-bond donors (Lipinski definition) is 1. The van der Waals surface area contributed by atoms with Gasteiger partial charge < -0.3 is 10.3 Å². The quantitative estimate of drug-likeness (QED) is 0.888. The summed E-state index contributed by atoms with van der Waals surface area (Å²) in [4.78, 5) is 0. The van der Waals surface area contributed by atoms with Crippen molar-refractivity contribution in [2.75, 3.05) is 0 Å². The molecule has 2 rings (SSSR count). The van der Waals surface area contributed by atoms with Gasteiger partial charge in [-0.3, -0.25) is 0 Å². The molecule has 0 radical (unpaired) electrons. The van der Waals surface area contributed by atoms with Crippen molar-refractivity contribution in [3.05, 3.63) is 59.4 Å². The SMILES string of the molecule is CC(N)Cc1ccn(Cc2cc(F)cc(F)c2)c1. The zero-order valence-electron chi connectivity index (χ0n) is 10.2. The van der Waals surface area contributed by atoms with Crippen LogP contribution in [0.1, 0.15) is 18.1 Å². The average molecular weight is 250 g/mol. The highest BCUT2D eigenvalue weighted by Gasteiger charge is 2.03. The Morgan fingerprint density at radius 3 is 2.44 bits per heavy atom. The molecular weight excluding hydrogens is 234 g/mol. The third kappa shape index (κ3) is 3.40. The van der Waals surface area contributed by atoms with Crippen molar-refractivity contribution >= 4 is 0 Å². The zero-order chi connectivity index (χ0) is 13.1. The van der Waals surface area contributed by atoms with Crippen LogP contribution in [0, 0.1) is 11.6 Å². The first kappa shape index (κ1) is 12.8. The minimum Gasteiger partial charge on any atom is -0.350 e. The predicted molar refractivity (Wildman–Crippen MR) is 67.2 cm³/mol. The molecule has 0 spiro atoms. The van der Waals surface area contributed by atoms with E-state index >= 15 is 0 Å². The van der Waals surface area contributed by atoms with Crippen LogP contribution < -0.4 is 5.73 Å². The maximum absolute atomic E-state index is 13.0. The van der Waals surface area contributed by atoms with Crippen molar-refractivity contribution < 1.29 is 8.78 Å². The lowest BCUT2D eigenvalue weighted by molar-refractivity contribution is 0.577. The lowest BCUT2D eigenvalue weighted by atomic mass is 10.1. The molecule has 0 bridgehead atoms. The minimum atomic E-state index is -0.548. The standard InChI is InChI=1S/C14H16F2N2/c1-10(17)4-11-2-3-18(8-11)9-12-5-13(15)7-14(16)6-12/h2-3,5-8,10H,4,9,17H2,1H3. The van der Waals surface area contributed by atoms with E-state index in [1.807, 2.05) is 30.0 Å². The van der Waals surface area contributed by atoms with Crippen molar-refractivity contribution in [2.24, 2.45) is 5.73 Å². The van der Waals surface area contributed by atoms with Gasteiger partial charge in [-0.15, -0.1) is 0 Å². The van der Waals surface area contributed by atoms with Gasteiger partial charge in [0, 0.05) is 31.0 Å². The maximum Gasteiger partial charge on any atom is 0.126 e. The van der Waals surface area contributed by atoms with Crippen LogP contribution in [0.15, 0.2) is 36.7 Å². The molecule has 0 amide bonds. The van der Waals surface area contributed by atoms with Crippen molar-refractivity contribution in [1.82, 2.24) is 4.57 Å². The molecule has 2 nitrogen and oxygen atoms in total. The molecule has 18 heavy (non-hydrogen) atoms. The second-order valence-corrected chi connectivity index (χ2v) is 4.65. The number of nitrogens with zero attached hydrogens (tertiary/aromatic N) is 1. The Morgan fingerprint density at radius 1 is 1.17 bits per heavy atom. The summed E-state index contributed by atoms with van der Waals surface area (Å²) in [6, 6.07) is 5.63. The van der Waals surface area contributed by atoms with Crippen molar-refractivity contribution in [3.63, 3.8) is 0 Å². The molecule has 4 heteroatoms. The average Bonchev–Trinajstić information content (AvgIpc) is 2.62. The van der Waals surface area contributed by atoms with Gasteiger partial charge in [-0.05, 0) is 42.7 Å². The van der Waals surface area contributed by atoms with E-state index in [9.17, 15) is 8.78 Å². The van der Waals surface area contributed by atoms with Crippen molar-refractivity contribution in [3.8, 4) is 0 Å². The summed E-state index contributed by atoms with van der Waals surface area (Å²) in [5, 5.41) is 0. The fourth-order valence-corrected chi connectivity index (χ4v) is 1.99. The molecule has 0 aliphatic rings. The summed E-state index contributed by atoms with van der Waals surface area (Å²) in [6.07, 6.45) is 4.64. The molecular formula is C14H16F2N2. The monoisotopic (exact) mass is 250 g/mol. The fourth-order valence-electron chi connectivity index (χ4n) is 1.99. The lowest BCUT2D eigenvalue weighted by Gasteiger charge is -2.04. The molecule has 1 atom stereocenters. The van der Waals surface area contributed by atoms with Crippen LogP contribution in [0.4, 0.5) is 8.78 Å². The highest BCUT2D eigenvalue weighted by atomic mass is 19.1. The molecule has 1 aromatic carbocycles. The third-order valence-electron chi connectivity index (χ3n) is 2.66. The number of aromatic nitrogens is 1. The van der Waals surface area contributed by atoms with Crippen LogP contribution in [0.5, 0.6) is 0 Å². The summed E-state index contributed by atoms with van der Waals surface area (Å²) >= 11 is 0. The number of halogens is 2. The van der Waals surface area contributed by atoms with Gasteiger partial charge in [0.1, 0.15) is 11.6 Å². The summed E-state index contributed by atoms with van der Waals surface area (Å²) in [5.74, 6) is -1.10. The first-order valence-electron chi connectivity index (χ1n) is 5.88. The zero-order valence-corrected chi connectivity index (χ0v) is 10.2. The first-order chi connectivity index (χ1) is 8.52. The van der Waals surface area contributed by atoms with Crippen LogP contribution in [0.2, 0.25) is 0 Å². The van der Waals surface area contributed by atoms with Crippen LogP contribution >= 0.6 is 0 Å². The smallest absolute Gasteiger partial charge is 0.126 e. The molecule has 0 saturated carbocycles. The van der Waals surface area contributed by atoms with Crippen LogP contribution in [-0.4, -0.2) is 10.6 Å². The van der Waals surface area contributed by atoms with E-state index in [0.29, 0.717) is 12.1 Å². The molecule has 0 aliphatic heterocycles. The van der Waals surface area contributed by atoms with Crippen molar-refractivity contribution in [1.29, 1.82) is 0 Å². The molecule has 2 N–H and O–H groups in total. The van der Waals surface area contributed by atoms with Gasteiger partial charge in [-0.2, -0.15) is 0 Å². The molecule has 0 saturated heterocycles. The Hall–Kier alpha value is -1.68. The molecule has 0 aliphatic carbocycles. The minimum absolute atomic E-state index is 0.104. The van der Waals surface area contributed by atoms with Gasteiger partial charge in [-0.25, -0.2) is 8.78 Å². The summed E-state index contributed by atoms with van der Waals surface area (Å²) < 4.78 is 28.0. The number of hydrogen-bond acceptors (Lipinski definition) is 1. The number of benzene rings is 1. The summed E-state index contributed by atoms with van der Waals surface area (Å²) in [7, 11) is 0. The fraction of sp³-hybridized carbons (Fsp3) is 0.286. The normalized spacial score (nSPS) is 12.7. The van der Waals surface area contributed by atoms with Gasteiger partial charge in [0.05, 0.1) is 0 Å². The molecule has 96 valence electrons. The Kier molecular flexibility index (Phi) is 3.77. The highest BCUT2D eigenvalue weighted by molar-refractivity contribution is 5.20. The number of rotatable bonds is 4.